The van der Waals surface area contributed by atoms with Crippen LogP contribution in [0.2, 0.25) is 0 Å². The van der Waals surface area contributed by atoms with Crippen molar-refractivity contribution in [2.24, 2.45) is 11.8 Å². The van der Waals surface area contributed by atoms with Gasteiger partial charge in [0.05, 0.1) is 31.1 Å². The fourth-order valence-electron chi connectivity index (χ4n) is 7.07. The standard InChI is InChI=1S/C42H52N2O11/c1-41(2,3)54-36(47)15-14-33(25-46)44-39(49)28-8-5-7-27(21-28)24-43-38(48)30-22-34(37-35(23-30)53-42(55-37,31-10-11-31)32-12-13-32)52-40(50)29-9-4-6-26(20-29)16-18-51-19-17-45/h4-9,16,18,20-21,23,31-35,37,45-46H,10-15,17,19,22,24-25H2,1-3H3,(H,43,48)(H,44,49)/t33-,34+,35+,37-/m0/s1. The van der Waals surface area contributed by atoms with E-state index in [1.54, 1.807) is 75.4 Å². The van der Waals surface area contributed by atoms with Crippen LogP contribution in [-0.2, 0) is 39.8 Å². The third-order valence-electron chi connectivity index (χ3n) is 9.96. The summed E-state index contributed by atoms with van der Waals surface area (Å²) in [5.74, 6) is -1.95. The summed E-state index contributed by atoms with van der Waals surface area (Å²) in [6.07, 6.45) is 7.40. The first-order valence-corrected chi connectivity index (χ1v) is 19.1. The first kappa shape index (κ1) is 40.1. The zero-order valence-corrected chi connectivity index (χ0v) is 31.7. The Balaban J connectivity index is 1.10. The van der Waals surface area contributed by atoms with E-state index >= 15 is 0 Å². The Hall–Kier alpha value is -4.56. The van der Waals surface area contributed by atoms with Crippen molar-refractivity contribution in [3.05, 3.63) is 88.7 Å². The quantitative estimate of drug-likeness (QED) is 0.102. The average molecular weight is 761 g/mol. The molecule has 6 rings (SSSR count). The number of ether oxygens (including phenoxy) is 5. The first-order valence-electron chi connectivity index (χ1n) is 19.1. The van der Waals surface area contributed by atoms with Crippen molar-refractivity contribution in [2.75, 3.05) is 19.8 Å². The van der Waals surface area contributed by atoms with E-state index in [1.165, 1.54) is 6.26 Å². The molecule has 1 saturated heterocycles. The second-order valence-corrected chi connectivity index (χ2v) is 15.7. The first-order chi connectivity index (χ1) is 26.4. The van der Waals surface area contributed by atoms with Crippen LogP contribution < -0.4 is 10.6 Å². The lowest BCUT2D eigenvalue weighted by Crippen LogP contribution is -2.44. The second-order valence-electron chi connectivity index (χ2n) is 15.7. The molecule has 4 aliphatic rings. The Kier molecular flexibility index (Phi) is 12.8. The molecule has 13 nitrogen and oxygen atoms in total. The van der Waals surface area contributed by atoms with Gasteiger partial charge < -0.3 is 44.5 Å². The second kappa shape index (κ2) is 17.5. The number of aliphatic hydroxyl groups is 2. The van der Waals surface area contributed by atoms with Crippen LogP contribution >= 0.6 is 0 Å². The molecule has 0 unspecified atom stereocenters. The Morgan fingerprint density at radius 2 is 1.69 bits per heavy atom. The monoisotopic (exact) mass is 760 g/mol. The van der Waals surface area contributed by atoms with Crippen molar-refractivity contribution >= 4 is 29.8 Å². The Labute approximate surface area is 321 Å². The molecule has 3 aliphatic carbocycles. The minimum absolute atomic E-state index is 0.0407. The highest BCUT2D eigenvalue weighted by Crippen LogP contribution is 2.59. The van der Waals surface area contributed by atoms with Crippen LogP contribution in [0.4, 0.5) is 0 Å². The number of rotatable bonds is 17. The van der Waals surface area contributed by atoms with Crippen LogP contribution in [0.1, 0.15) is 97.6 Å². The highest BCUT2D eigenvalue weighted by molar-refractivity contribution is 5.95. The summed E-state index contributed by atoms with van der Waals surface area (Å²) in [6.45, 7) is 5.14. The van der Waals surface area contributed by atoms with Crippen LogP contribution in [0.15, 0.2) is 66.4 Å². The summed E-state index contributed by atoms with van der Waals surface area (Å²) in [5.41, 5.74) is 1.82. The van der Waals surface area contributed by atoms with Gasteiger partial charge in [0.25, 0.3) is 5.91 Å². The number of carbonyl (C=O) groups is 4. The molecule has 4 atom stereocenters. The molecule has 2 saturated carbocycles. The molecule has 0 radical (unpaired) electrons. The molecular weight excluding hydrogens is 708 g/mol. The predicted octanol–water partition coefficient (Wildman–Crippen LogP) is 4.35. The predicted molar refractivity (Wildman–Crippen MR) is 200 cm³/mol. The molecule has 296 valence electrons. The molecule has 0 bridgehead atoms. The molecule has 55 heavy (non-hydrogen) atoms. The summed E-state index contributed by atoms with van der Waals surface area (Å²) in [4.78, 5) is 52.5. The average Bonchev–Trinajstić information content (AvgIpc) is 4.11. The van der Waals surface area contributed by atoms with Gasteiger partial charge in [0.1, 0.15) is 30.5 Å². The molecule has 13 heteroatoms. The van der Waals surface area contributed by atoms with Gasteiger partial charge in [-0.3, -0.25) is 14.4 Å². The van der Waals surface area contributed by atoms with Crippen molar-refractivity contribution in [1.29, 1.82) is 0 Å². The van der Waals surface area contributed by atoms with Crippen LogP contribution in [0, 0.1) is 11.8 Å². The van der Waals surface area contributed by atoms with Gasteiger partial charge in [0.2, 0.25) is 5.91 Å². The lowest BCUT2D eigenvalue weighted by molar-refractivity contribution is -0.209. The highest BCUT2D eigenvalue weighted by atomic mass is 16.8. The number of esters is 2. The minimum Gasteiger partial charge on any atom is -0.499 e. The summed E-state index contributed by atoms with van der Waals surface area (Å²) < 4.78 is 30.1. The van der Waals surface area contributed by atoms with Gasteiger partial charge in [-0.05, 0) is 100 Å². The molecule has 2 aromatic rings. The van der Waals surface area contributed by atoms with Crippen molar-refractivity contribution in [1.82, 2.24) is 10.6 Å². The number of nitrogens with one attached hydrogen (secondary N) is 2. The highest BCUT2D eigenvalue weighted by Gasteiger charge is 2.64. The van der Waals surface area contributed by atoms with Gasteiger partial charge in [-0.2, -0.15) is 0 Å². The van der Waals surface area contributed by atoms with Gasteiger partial charge in [0.15, 0.2) is 5.79 Å². The molecular formula is C42H52N2O11. The summed E-state index contributed by atoms with van der Waals surface area (Å²) >= 11 is 0. The minimum atomic E-state index is -0.781. The topological polar surface area (TPSA) is 179 Å². The molecule has 1 heterocycles. The number of benzene rings is 2. The van der Waals surface area contributed by atoms with Crippen molar-refractivity contribution in [3.63, 3.8) is 0 Å². The third-order valence-corrected chi connectivity index (χ3v) is 9.96. The molecule has 4 N–H and O–H groups in total. The van der Waals surface area contributed by atoms with E-state index in [0.29, 0.717) is 27.8 Å². The van der Waals surface area contributed by atoms with E-state index in [4.69, 9.17) is 28.8 Å². The third kappa shape index (κ3) is 10.6. The number of aliphatic hydroxyl groups excluding tert-OH is 2. The number of hydrogen-bond acceptors (Lipinski definition) is 11. The van der Waals surface area contributed by atoms with E-state index in [9.17, 15) is 24.3 Å². The van der Waals surface area contributed by atoms with Crippen molar-refractivity contribution < 1.29 is 53.1 Å². The molecule has 2 aromatic carbocycles. The normalized spacial score (nSPS) is 22.3. The zero-order chi connectivity index (χ0) is 39.2. The van der Waals surface area contributed by atoms with E-state index in [2.05, 4.69) is 10.6 Å². The summed E-state index contributed by atoms with van der Waals surface area (Å²) in [7, 11) is 0. The largest absolute Gasteiger partial charge is 0.499 e. The Bertz CT molecular complexity index is 1760. The number of amides is 2. The van der Waals surface area contributed by atoms with Crippen LogP contribution in [0.3, 0.4) is 0 Å². The van der Waals surface area contributed by atoms with E-state index in [-0.39, 0.29) is 63.4 Å². The van der Waals surface area contributed by atoms with E-state index in [0.717, 1.165) is 25.7 Å². The lowest BCUT2D eigenvalue weighted by Gasteiger charge is -2.31. The Morgan fingerprint density at radius 1 is 0.964 bits per heavy atom. The molecule has 2 amide bonds. The maximum atomic E-state index is 13.7. The van der Waals surface area contributed by atoms with E-state index < -0.39 is 53.6 Å². The van der Waals surface area contributed by atoms with Crippen LogP contribution in [0.5, 0.6) is 0 Å². The van der Waals surface area contributed by atoms with Crippen molar-refractivity contribution in [2.45, 2.75) is 108 Å². The molecule has 1 aliphatic heterocycles. The molecule has 3 fully saturated rings. The number of hydrogen-bond donors (Lipinski definition) is 4. The fourth-order valence-corrected chi connectivity index (χ4v) is 7.07. The van der Waals surface area contributed by atoms with Crippen LogP contribution in [-0.4, -0.2) is 89.5 Å². The maximum Gasteiger partial charge on any atom is 0.338 e. The van der Waals surface area contributed by atoms with Gasteiger partial charge >= 0.3 is 11.9 Å². The number of carbonyl (C=O) groups excluding carboxylic acids is 4. The lowest BCUT2D eigenvalue weighted by atomic mass is 9.91. The molecule has 0 aromatic heterocycles. The Morgan fingerprint density at radius 3 is 2.38 bits per heavy atom. The fraction of sp³-hybridized carbons (Fsp3) is 0.524. The summed E-state index contributed by atoms with van der Waals surface area (Å²) in [5, 5.41) is 24.5. The zero-order valence-electron chi connectivity index (χ0n) is 31.7. The summed E-state index contributed by atoms with van der Waals surface area (Å²) in [6, 6.07) is 13.0. The van der Waals surface area contributed by atoms with Crippen molar-refractivity contribution in [3.8, 4) is 0 Å². The smallest absolute Gasteiger partial charge is 0.338 e. The SMILES string of the molecule is CC(C)(C)OC(=O)CC[C@@H](CO)NC(=O)c1cccc(CNC(=O)C2=C[C@H]3OC(C4CC4)(C4CC4)O[C@H]3[C@H](OC(=O)c3cccc(C=COCCO)c3)C2)c1. The van der Waals surface area contributed by atoms with Gasteiger partial charge in [-0.25, -0.2) is 4.79 Å². The van der Waals surface area contributed by atoms with E-state index in [1.807, 2.05) is 6.07 Å². The van der Waals surface area contributed by atoms with Gasteiger partial charge in [-0.15, -0.1) is 0 Å². The molecule has 0 spiro atoms. The van der Waals surface area contributed by atoms with Crippen LogP contribution in [0.25, 0.3) is 6.08 Å². The number of fused-ring (bicyclic) bond motifs is 1. The van der Waals surface area contributed by atoms with Gasteiger partial charge in [0, 0.05) is 42.4 Å². The van der Waals surface area contributed by atoms with Gasteiger partial charge in [-0.1, -0.05) is 24.3 Å². The maximum absolute atomic E-state index is 13.7.